The van der Waals surface area contributed by atoms with Crippen molar-refractivity contribution in [3.63, 3.8) is 0 Å². The van der Waals surface area contributed by atoms with Crippen LogP contribution in [0.3, 0.4) is 0 Å². The van der Waals surface area contributed by atoms with Crippen LogP contribution in [0.2, 0.25) is 0 Å². The highest BCUT2D eigenvalue weighted by molar-refractivity contribution is 5.97. The van der Waals surface area contributed by atoms with Crippen molar-refractivity contribution in [1.82, 2.24) is 5.32 Å². The van der Waals surface area contributed by atoms with Gasteiger partial charge in [-0.15, -0.1) is 0 Å². The van der Waals surface area contributed by atoms with Crippen LogP contribution in [0.25, 0.3) is 0 Å². The van der Waals surface area contributed by atoms with Crippen LogP contribution in [0, 0.1) is 11.8 Å². The highest BCUT2D eigenvalue weighted by atomic mass is 16.1. The average Bonchev–Trinajstić information content (AvgIpc) is 2.48. The molecule has 122 valence electrons. The summed E-state index contributed by atoms with van der Waals surface area (Å²) in [5.74, 6) is 0.918. The largest absolute Gasteiger partial charge is 0.352 e. The monoisotopic (exact) mass is 303 g/mol. The smallest absolute Gasteiger partial charge is 0.220 e. The van der Waals surface area contributed by atoms with Crippen LogP contribution in [0.5, 0.6) is 0 Å². The second kappa shape index (κ2) is 9.39. The SMILES string of the molecule is CC(C)CCCCC(=O)NCc1cccc(C(=O)C(C)C)c1. The van der Waals surface area contributed by atoms with Crippen LogP contribution in [0.15, 0.2) is 24.3 Å². The van der Waals surface area contributed by atoms with E-state index >= 15 is 0 Å². The first kappa shape index (κ1) is 18.4. The summed E-state index contributed by atoms with van der Waals surface area (Å²) >= 11 is 0. The van der Waals surface area contributed by atoms with E-state index in [-0.39, 0.29) is 17.6 Å². The molecule has 0 heterocycles. The fourth-order valence-corrected chi connectivity index (χ4v) is 2.30. The van der Waals surface area contributed by atoms with Crippen LogP contribution in [0.4, 0.5) is 0 Å². The van der Waals surface area contributed by atoms with Crippen molar-refractivity contribution < 1.29 is 9.59 Å². The highest BCUT2D eigenvalue weighted by Gasteiger charge is 2.10. The van der Waals surface area contributed by atoms with E-state index in [4.69, 9.17) is 0 Å². The summed E-state index contributed by atoms with van der Waals surface area (Å²) in [6.07, 6.45) is 3.79. The molecular formula is C19H29NO2. The molecule has 3 heteroatoms. The van der Waals surface area contributed by atoms with Gasteiger partial charge in [0.15, 0.2) is 5.78 Å². The number of amides is 1. The summed E-state index contributed by atoms with van der Waals surface area (Å²) in [4.78, 5) is 23.8. The first-order chi connectivity index (χ1) is 10.4. The lowest BCUT2D eigenvalue weighted by atomic mass is 9.99. The average molecular weight is 303 g/mol. The van der Waals surface area contributed by atoms with Crippen molar-refractivity contribution >= 4 is 11.7 Å². The van der Waals surface area contributed by atoms with Crippen molar-refractivity contribution in [3.8, 4) is 0 Å². The third-order valence-corrected chi connectivity index (χ3v) is 3.66. The molecule has 0 spiro atoms. The molecule has 0 aromatic heterocycles. The van der Waals surface area contributed by atoms with Crippen LogP contribution < -0.4 is 5.32 Å². The summed E-state index contributed by atoms with van der Waals surface area (Å²) in [6.45, 7) is 8.68. The minimum absolute atomic E-state index is 0.00852. The topological polar surface area (TPSA) is 46.2 Å². The molecule has 0 aliphatic carbocycles. The van der Waals surface area contributed by atoms with Gasteiger partial charge in [0.2, 0.25) is 5.91 Å². The zero-order valence-corrected chi connectivity index (χ0v) is 14.3. The molecule has 3 nitrogen and oxygen atoms in total. The Hall–Kier alpha value is -1.64. The molecule has 0 aliphatic rings. The van der Waals surface area contributed by atoms with Crippen molar-refractivity contribution in [2.45, 2.75) is 59.9 Å². The van der Waals surface area contributed by atoms with E-state index in [2.05, 4.69) is 19.2 Å². The van der Waals surface area contributed by atoms with E-state index in [9.17, 15) is 9.59 Å². The Bertz CT molecular complexity index is 492. The number of carbonyl (C=O) groups is 2. The highest BCUT2D eigenvalue weighted by Crippen LogP contribution is 2.11. The minimum Gasteiger partial charge on any atom is -0.352 e. The van der Waals surface area contributed by atoms with Crippen LogP contribution in [-0.2, 0) is 11.3 Å². The van der Waals surface area contributed by atoms with Gasteiger partial charge < -0.3 is 5.32 Å². The van der Waals surface area contributed by atoms with Crippen LogP contribution in [0.1, 0.15) is 69.3 Å². The number of nitrogens with one attached hydrogen (secondary N) is 1. The number of hydrogen-bond donors (Lipinski definition) is 1. The molecule has 0 saturated heterocycles. The molecule has 0 atom stereocenters. The first-order valence-electron chi connectivity index (χ1n) is 8.30. The van der Waals surface area contributed by atoms with Crippen LogP contribution in [-0.4, -0.2) is 11.7 Å². The number of ketones is 1. The molecule has 1 rings (SSSR count). The molecule has 0 saturated carbocycles. The van der Waals surface area contributed by atoms with Gasteiger partial charge in [-0.25, -0.2) is 0 Å². The number of rotatable bonds is 9. The Balaban J connectivity index is 2.39. The Morgan fingerprint density at radius 2 is 1.82 bits per heavy atom. The summed E-state index contributed by atoms with van der Waals surface area (Å²) < 4.78 is 0. The van der Waals surface area contributed by atoms with E-state index in [1.54, 1.807) is 0 Å². The molecule has 0 bridgehead atoms. The lowest BCUT2D eigenvalue weighted by Crippen LogP contribution is -2.22. The summed E-state index contributed by atoms with van der Waals surface area (Å²) in [5, 5.41) is 2.93. The summed E-state index contributed by atoms with van der Waals surface area (Å²) in [5.41, 5.74) is 1.70. The molecule has 0 aliphatic heterocycles. The van der Waals surface area contributed by atoms with Gasteiger partial charge >= 0.3 is 0 Å². The van der Waals surface area contributed by atoms with Gasteiger partial charge in [0.25, 0.3) is 0 Å². The van der Waals surface area contributed by atoms with Crippen molar-refractivity contribution in [2.75, 3.05) is 0 Å². The number of carbonyl (C=O) groups excluding carboxylic acids is 2. The predicted octanol–water partition coefficient (Wildman–Crippen LogP) is 4.36. The number of benzene rings is 1. The van der Waals surface area contributed by atoms with E-state index in [1.165, 1.54) is 6.42 Å². The van der Waals surface area contributed by atoms with Gasteiger partial charge in [-0.3, -0.25) is 9.59 Å². The van der Waals surface area contributed by atoms with E-state index in [0.717, 1.165) is 24.0 Å². The maximum atomic E-state index is 12.0. The lowest BCUT2D eigenvalue weighted by molar-refractivity contribution is -0.121. The fourth-order valence-electron chi connectivity index (χ4n) is 2.30. The van der Waals surface area contributed by atoms with Crippen molar-refractivity contribution in [2.24, 2.45) is 11.8 Å². The Morgan fingerprint density at radius 1 is 1.09 bits per heavy atom. The number of Topliss-reactive ketones (excluding diaryl/α,β-unsaturated/α-hetero) is 1. The van der Waals surface area contributed by atoms with Gasteiger partial charge in [0.1, 0.15) is 0 Å². The molecule has 0 unspecified atom stereocenters. The van der Waals surface area contributed by atoms with Gasteiger partial charge in [0, 0.05) is 24.4 Å². The van der Waals surface area contributed by atoms with Gasteiger partial charge in [-0.2, -0.15) is 0 Å². The minimum atomic E-state index is -0.00852. The van der Waals surface area contributed by atoms with Crippen LogP contribution >= 0.6 is 0 Å². The third kappa shape index (κ3) is 6.88. The molecule has 0 radical (unpaired) electrons. The zero-order chi connectivity index (χ0) is 16.5. The Labute approximate surface area is 134 Å². The maximum absolute atomic E-state index is 12.0. The normalized spacial score (nSPS) is 11.0. The predicted molar refractivity (Wildman–Crippen MR) is 90.8 cm³/mol. The molecule has 0 fully saturated rings. The van der Waals surface area contributed by atoms with E-state index < -0.39 is 0 Å². The molecule has 1 N–H and O–H groups in total. The molecule has 1 aromatic rings. The molecular weight excluding hydrogens is 274 g/mol. The quantitative estimate of drug-likeness (QED) is 0.544. The second-order valence-electron chi connectivity index (χ2n) is 6.64. The fraction of sp³-hybridized carbons (Fsp3) is 0.579. The second-order valence-corrected chi connectivity index (χ2v) is 6.64. The zero-order valence-electron chi connectivity index (χ0n) is 14.3. The van der Waals surface area contributed by atoms with Gasteiger partial charge in [-0.05, 0) is 24.0 Å². The number of hydrogen-bond acceptors (Lipinski definition) is 2. The number of unbranched alkanes of at least 4 members (excludes halogenated alkanes) is 1. The van der Waals surface area contributed by atoms with Crippen molar-refractivity contribution in [1.29, 1.82) is 0 Å². The van der Waals surface area contributed by atoms with Gasteiger partial charge in [0.05, 0.1) is 0 Å². The van der Waals surface area contributed by atoms with E-state index in [1.807, 2.05) is 38.1 Å². The standard InChI is InChI=1S/C19H29NO2/c1-14(2)8-5-6-11-18(21)20-13-16-9-7-10-17(12-16)19(22)15(3)4/h7,9-10,12,14-15H,5-6,8,11,13H2,1-4H3,(H,20,21). The first-order valence-corrected chi connectivity index (χ1v) is 8.30. The Kier molecular flexibility index (Phi) is 7.86. The van der Waals surface area contributed by atoms with E-state index in [0.29, 0.717) is 18.9 Å². The summed E-state index contributed by atoms with van der Waals surface area (Å²) in [7, 11) is 0. The molecule has 1 amide bonds. The third-order valence-electron chi connectivity index (χ3n) is 3.66. The maximum Gasteiger partial charge on any atom is 0.220 e. The summed E-state index contributed by atoms with van der Waals surface area (Å²) in [6, 6.07) is 7.52. The lowest BCUT2D eigenvalue weighted by Gasteiger charge is -2.09. The van der Waals surface area contributed by atoms with Gasteiger partial charge in [-0.1, -0.05) is 58.7 Å². The van der Waals surface area contributed by atoms with Crippen molar-refractivity contribution in [3.05, 3.63) is 35.4 Å². The molecule has 22 heavy (non-hydrogen) atoms. The molecule has 1 aromatic carbocycles. The Morgan fingerprint density at radius 3 is 2.45 bits per heavy atom.